The Kier molecular flexibility index (Phi) is 4.44. The Hall–Kier alpha value is -1.11. The number of hydrogen-bond acceptors (Lipinski definition) is 5. The van der Waals surface area contributed by atoms with Crippen molar-refractivity contribution in [2.24, 2.45) is 0 Å². The molecule has 6 nitrogen and oxygen atoms in total. The molecule has 2 aliphatic rings. The molecule has 1 amide bonds. The van der Waals surface area contributed by atoms with Crippen LogP contribution in [0.5, 0.6) is 0 Å². The first kappa shape index (κ1) is 14.3. The van der Waals surface area contributed by atoms with Crippen LogP contribution in [0.2, 0.25) is 0 Å². The summed E-state index contributed by atoms with van der Waals surface area (Å²) in [4.78, 5) is 11.3. The molecule has 19 heavy (non-hydrogen) atoms. The Morgan fingerprint density at radius 2 is 2.37 bits per heavy atom. The highest BCUT2D eigenvalue weighted by atomic mass is 16.8. The smallest absolute Gasteiger partial charge is 0.407 e. The molecule has 0 aliphatic carbocycles. The summed E-state index contributed by atoms with van der Waals surface area (Å²) >= 11 is 0. The number of rotatable bonds is 6. The molecule has 0 bridgehead atoms. The molecular formula is C13H21NO5. The van der Waals surface area contributed by atoms with Crippen LogP contribution in [-0.2, 0) is 18.9 Å². The first-order valence-electron chi connectivity index (χ1n) is 6.50. The monoisotopic (exact) mass is 271 g/mol. The Balaban J connectivity index is 1.59. The van der Waals surface area contributed by atoms with Crippen molar-refractivity contribution in [3.8, 4) is 0 Å². The van der Waals surface area contributed by atoms with Gasteiger partial charge in [-0.3, -0.25) is 0 Å². The number of amides is 1. The van der Waals surface area contributed by atoms with Gasteiger partial charge in [0, 0.05) is 6.54 Å². The molecular weight excluding hydrogens is 250 g/mol. The van der Waals surface area contributed by atoms with Crippen molar-refractivity contribution in [3.05, 3.63) is 12.7 Å². The van der Waals surface area contributed by atoms with Crippen LogP contribution in [0.3, 0.4) is 0 Å². The number of epoxide rings is 1. The number of carbonyl (C=O) groups is 1. The predicted molar refractivity (Wildman–Crippen MR) is 67.7 cm³/mol. The molecule has 0 radical (unpaired) electrons. The van der Waals surface area contributed by atoms with Crippen molar-refractivity contribution in [1.82, 2.24) is 5.32 Å². The molecule has 0 aromatic heterocycles. The zero-order valence-corrected chi connectivity index (χ0v) is 11.4. The summed E-state index contributed by atoms with van der Waals surface area (Å²) in [7, 11) is 0. The Bertz CT molecular complexity index is 344. The van der Waals surface area contributed by atoms with Crippen LogP contribution in [0.1, 0.15) is 20.3 Å². The molecule has 2 aliphatic heterocycles. The highest BCUT2D eigenvalue weighted by Gasteiger charge is 2.51. The molecule has 0 unspecified atom stereocenters. The number of ether oxygens (including phenoxy) is 4. The lowest BCUT2D eigenvalue weighted by atomic mass is 10.2. The van der Waals surface area contributed by atoms with Crippen LogP contribution in [0.25, 0.3) is 0 Å². The van der Waals surface area contributed by atoms with Gasteiger partial charge >= 0.3 is 6.09 Å². The van der Waals surface area contributed by atoms with Gasteiger partial charge in [-0.25, -0.2) is 4.79 Å². The molecule has 1 N–H and O–H groups in total. The lowest BCUT2D eigenvalue weighted by molar-refractivity contribution is -0.140. The van der Waals surface area contributed by atoms with Crippen molar-refractivity contribution in [3.63, 3.8) is 0 Å². The maximum atomic E-state index is 11.3. The summed E-state index contributed by atoms with van der Waals surface area (Å²) < 4.78 is 21.6. The van der Waals surface area contributed by atoms with Gasteiger partial charge in [-0.2, -0.15) is 0 Å². The molecule has 3 atom stereocenters. The van der Waals surface area contributed by atoms with Crippen molar-refractivity contribution < 1.29 is 23.7 Å². The number of nitrogens with one attached hydrogen (secondary N) is 1. The fourth-order valence-electron chi connectivity index (χ4n) is 1.98. The Morgan fingerprint density at radius 1 is 1.58 bits per heavy atom. The zero-order valence-electron chi connectivity index (χ0n) is 11.4. The molecule has 6 heteroatoms. The second-order valence-corrected chi connectivity index (χ2v) is 5.11. The summed E-state index contributed by atoms with van der Waals surface area (Å²) in [6.45, 7) is 8.59. The molecule has 2 fully saturated rings. The zero-order chi connectivity index (χ0) is 13.9. The van der Waals surface area contributed by atoms with Gasteiger partial charge in [-0.1, -0.05) is 6.08 Å². The average Bonchev–Trinajstić information content (AvgIpc) is 3.04. The van der Waals surface area contributed by atoms with E-state index in [1.807, 2.05) is 13.8 Å². The number of hydrogen-bond donors (Lipinski definition) is 1. The molecule has 2 saturated heterocycles. The topological polar surface area (TPSA) is 69.3 Å². The molecule has 0 spiro atoms. The van der Waals surface area contributed by atoms with E-state index in [0.29, 0.717) is 13.2 Å². The normalized spacial score (nSPS) is 31.8. The minimum atomic E-state index is -0.552. The minimum Gasteiger partial charge on any atom is -0.447 e. The van der Waals surface area contributed by atoms with E-state index in [0.717, 1.165) is 6.42 Å². The maximum absolute atomic E-state index is 11.3. The lowest BCUT2D eigenvalue weighted by Gasteiger charge is -2.16. The quantitative estimate of drug-likeness (QED) is 0.447. The summed E-state index contributed by atoms with van der Waals surface area (Å²) in [6.07, 6.45) is 1.82. The van der Waals surface area contributed by atoms with E-state index in [2.05, 4.69) is 11.9 Å². The van der Waals surface area contributed by atoms with Crippen molar-refractivity contribution in [1.29, 1.82) is 0 Å². The molecule has 0 aromatic rings. The molecule has 0 aromatic carbocycles. The van der Waals surface area contributed by atoms with Gasteiger partial charge in [0.05, 0.1) is 6.61 Å². The van der Waals surface area contributed by atoms with Crippen molar-refractivity contribution in [2.45, 2.75) is 44.4 Å². The highest BCUT2D eigenvalue weighted by molar-refractivity contribution is 5.67. The second kappa shape index (κ2) is 5.90. The Labute approximate surface area is 113 Å². The molecule has 2 rings (SSSR count). The Morgan fingerprint density at radius 3 is 3.00 bits per heavy atom. The lowest BCUT2D eigenvalue weighted by Crippen LogP contribution is -2.28. The van der Waals surface area contributed by atoms with E-state index in [4.69, 9.17) is 18.9 Å². The second-order valence-electron chi connectivity index (χ2n) is 5.11. The third kappa shape index (κ3) is 4.19. The predicted octanol–water partition coefficient (Wildman–Crippen LogP) is 1.21. The van der Waals surface area contributed by atoms with Crippen LogP contribution >= 0.6 is 0 Å². The van der Waals surface area contributed by atoms with Crippen LogP contribution in [0.4, 0.5) is 4.79 Å². The molecule has 108 valence electrons. The van der Waals surface area contributed by atoms with Gasteiger partial charge in [-0.05, 0) is 20.3 Å². The number of carbonyl (C=O) groups excluding carboxylic acids is 1. The van der Waals surface area contributed by atoms with E-state index in [9.17, 15) is 4.79 Å². The largest absolute Gasteiger partial charge is 0.447 e. The summed E-state index contributed by atoms with van der Waals surface area (Å²) in [5.74, 6) is -0.552. The average molecular weight is 271 g/mol. The van der Waals surface area contributed by atoms with E-state index in [1.165, 1.54) is 0 Å². The van der Waals surface area contributed by atoms with Crippen LogP contribution in [-0.4, -0.2) is 50.0 Å². The maximum Gasteiger partial charge on any atom is 0.407 e. The van der Waals surface area contributed by atoms with E-state index < -0.39 is 11.9 Å². The summed E-state index contributed by atoms with van der Waals surface area (Å²) in [6, 6.07) is 0. The first-order valence-corrected chi connectivity index (χ1v) is 6.50. The van der Waals surface area contributed by atoms with Gasteiger partial charge in [0.25, 0.3) is 0 Å². The van der Waals surface area contributed by atoms with Crippen LogP contribution in [0.15, 0.2) is 12.7 Å². The first-order chi connectivity index (χ1) is 9.02. The summed E-state index contributed by atoms with van der Waals surface area (Å²) in [5.41, 5.74) is 0. The number of alkyl carbamates (subject to hydrolysis) is 1. The molecule has 2 heterocycles. The minimum absolute atomic E-state index is 0.0391. The van der Waals surface area contributed by atoms with E-state index in [-0.39, 0.29) is 24.9 Å². The third-order valence-electron chi connectivity index (χ3n) is 3.02. The van der Waals surface area contributed by atoms with Crippen LogP contribution in [0, 0.1) is 0 Å². The SMILES string of the molecule is C=CCCNC(=O)OC[C@@H]1O[C@@H]1[C@H]1COC(C)(C)O1. The van der Waals surface area contributed by atoms with Gasteiger partial charge in [-0.15, -0.1) is 6.58 Å². The van der Waals surface area contributed by atoms with Crippen molar-refractivity contribution in [2.75, 3.05) is 19.8 Å². The van der Waals surface area contributed by atoms with Gasteiger partial charge in [0.1, 0.15) is 24.9 Å². The third-order valence-corrected chi connectivity index (χ3v) is 3.02. The van der Waals surface area contributed by atoms with Crippen molar-refractivity contribution >= 4 is 6.09 Å². The summed E-state index contributed by atoms with van der Waals surface area (Å²) in [5, 5.41) is 2.62. The standard InChI is InChI=1S/C13H21NO5/c1-4-5-6-14-12(15)16-7-9-11(18-9)10-8-17-13(2,3)19-10/h4,9-11H,1,5-8H2,2-3H3,(H,14,15)/t9-,10+,11-/m0/s1. The molecule has 0 saturated carbocycles. The van der Waals surface area contributed by atoms with E-state index >= 15 is 0 Å². The fraction of sp³-hybridized carbons (Fsp3) is 0.769. The van der Waals surface area contributed by atoms with Gasteiger partial charge < -0.3 is 24.3 Å². The van der Waals surface area contributed by atoms with Gasteiger partial charge in [0.2, 0.25) is 0 Å². The van der Waals surface area contributed by atoms with E-state index in [1.54, 1.807) is 6.08 Å². The van der Waals surface area contributed by atoms with Crippen LogP contribution < -0.4 is 5.32 Å². The highest BCUT2D eigenvalue weighted by Crippen LogP contribution is 2.34. The fourth-order valence-corrected chi connectivity index (χ4v) is 1.98. The van der Waals surface area contributed by atoms with Gasteiger partial charge in [0.15, 0.2) is 5.79 Å².